The second-order valence-electron chi connectivity index (χ2n) is 5.89. The van der Waals surface area contributed by atoms with Crippen LogP contribution in [0, 0.1) is 6.92 Å². The van der Waals surface area contributed by atoms with Crippen LogP contribution in [0.3, 0.4) is 0 Å². The predicted molar refractivity (Wildman–Crippen MR) is 82.6 cm³/mol. The molecule has 8 nitrogen and oxygen atoms in total. The molecule has 0 spiro atoms. The predicted octanol–water partition coefficient (Wildman–Crippen LogP) is 1.29. The average Bonchev–Trinajstić information content (AvgIpc) is 3.24. The minimum atomic E-state index is -0.653. The van der Waals surface area contributed by atoms with Gasteiger partial charge < -0.3 is 14.8 Å². The zero-order chi connectivity index (χ0) is 16.2. The van der Waals surface area contributed by atoms with Crippen molar-refractivity contribution in [3.05, 3.63) is 29.9 Å². The molecule has 1 aliphatic heterocycles. The van der Waals surface area contributed by atoms with E-state index in [1.165, 1.54) is 0 Å². The molecule has 1 atom stereocenters. The topological polar surface area (TPSA) is 103 Å². The minimum Gasteiger partial charge on any atom is -0.363 e. The lowest BCUT2D eigenvalue weighted by Crippen LogP contribution is -2.25. The van der Waals surface area contributed by atoms with Crippen LogP contribution < -0.4 is 5.73 Å². The van der Waals surface area contributed by atoms with Crippen LogP contribution in [0.25, 0.3) is 0 Å². The highest BCUT2D eigenvalue weighted by Gasteiger charge is 2.30. The molecule has 0 radical (unpaired) electrons. The first-order chi connectivity index (χ1) is 11.1. The van der Waals surface area contributed by atoms with Crippen LogP contribution >= 0.6 is 0 Å². The molecule has 1 unspecified atom stereocenters. The smallest absolute Gasteiger partial charge is 0.290 e. The Morgan fingerprint density at radius 2 is 2.26 bits per heavy atom. The van der Waals surface area contributed by atoms with Crippen molar-refractivity contribution in [2.75, 3.05) is 13.1 Å². The van der Waals surface area contributed by atoms with Gasteiger partial charge in [-0.05, 0) is 45.7 Å². The summed E-state index contributed by atoms with van der Waals surface area (Å²) in [6, 6.07) is 0.102. The number of aryl methyl sites for hydroxylation is 2. The number of primary amides is 1. The minimum absolute atomic E-state index is 0.0394. The third kappa shape index (κ3) is 3.58. The number of imidazole rings is 1. The Kier molecular flexibility index (Phi) is 4.71. The maximum atomic E-state index is 11.1. The fraction of sp³-hybridized carbons (Fsp3) is 0.600. The van der Waals surface area contributed by atoms with E-state index in [0.717, 1.165) is 51.1 Å². The van der Waals surface area contributed by atoms with E-state index in [-0.39, 0.29) is 11.9 Å². The van der Waals surface area contributed by atoms with Crippen LogP contribution in [0.2, 0.25) is 0 Å². The van der Waals surface area contributed by atoms with Gasteiger partial charge in [-0.2, -0.15) is 4.98 Å². The normalized spacial score (nSPS) is 18.6. The molecule has 2 N–H and O–H groups in total. The molecule has 0 aliphatic carbocycles. The zero-order valence-corrected chi connectivity index (χ0v) is 13.3. The lowest BCUT2D eigenvalue weighted by Gasteiger charge is -2.21. The Hall–Kier alpha value is -2.22. The van der Waals surface area contributed by atoms with E-state index in [1.54, 1.807) is 0 Å². The van der Waals surface area contributed by atoms with Crippen molar-refractivity contribution >= 4 is 5.91 Å². The fourth-order valence-electron chi connectivity index (χ4n) is 3.08. The SMILES string of the molecule is Cc1nccn1CCCCN1CCCC1c1nc(C(N)=O)no1. The summed E-state index contributed by atoms with van der Waals surface area (Å²) in [5, 5.41) is 3.64. The highest BCUT2D eigenvalue weighted by molar-refractivity contribution is 5.88. The van der Waals surface area contributed by atoms with Crippen LogP contribution in [0.5, 0.6) is 0 Å². The molecular weight excluding hydrogens is 296 g/mol. The van der Waals surface area contributed by atoms with E-state index in [9.17, 15) is 4.79 Å². The van der Waals surface area contributed by atoms with Crippen LogP contribution in [0.15, 0.2) is 16.9 Å². The molecule has 0 bridgehead atoms. The fourth-order valence-corrected chi connectivity index (χ4v) is 3.08. The van der Waals surface area contributed by atoms with Gasteiger partial charge in [0, 0.05) is 18.9 Å². The van der Waals surface area contributed by atoms with Gasteiger partial charge in [0.1, 0.15) is 5.82 Å². The number of hydrogen-bond donors (Lipinski definition) is 1. The second-order valence-corrected chi connectivity index (χ2v) is 5.89. The quantitative estimate of drug-likeness (QED) is 0.772. The average molecular weight is 318 g/mol. The van der Waals surface area contributed by atoms with Gasteiger partial charge in [0.25, 0.3) is 11.7 Å². The van der Waals surface area contributed by atoms with Gasteiger partial charge in [0.2, 0.25) is 5.89 Å². The number of nitrogens with zero attached hydrogens (tertiary/aromatic N) is 5. The Labute approximate surface area is 134 Å². The summed E-state index contributed by atoms with van der Waals surface area (Å²) >= 11 is 0. The largest absolute Gasteiger partial charge is 0.363 e. The maximum Gasteiger partial charge on any atom is 0.290 e. The van der Waals surface area contributed by atoms with E-state index < -0.39 is 5.91 Å². The molecule has 1 amide bonds. The van der Waals surface area contributed by atoms with Crippen molar-refractivity contribution in [1.29, 1.82) is 0 Å². The van der Waals surface area contributed by atoms with Crippen molar-refractivity contribution in [2.45, 2.75) is 45.2 Å². The molecular formula is C15H22N6O2. The van der Waals surface area contributed by atoms with Gasteiger partial charge in [-0.15, -0.1) is 0 Å². The van der Waals surface area contributed by atoms with Crippen LogP contribution in [0.1, 0.15) is 54.1 Å². The molecule has 124 valence electrons. The first-order valence-corrected chi connectivity index (χ1v) is 8.00. The summed E-state index contributed by atoms with van der Waals surface area (Å²) in [6.07, 6.45) is 8.10. The molecule has 2 aromatic heterocycles. The molecule has 23 heavy (non-hydrogen) atoms. The summed E-state index contributed by atoms with van der Waals surface area (Å²) in [6.45, 7) is 4.99. The lowest BCUT2D eigenvalue weighted by atomic mass is 10.2. The molecule has 1 saturated heterocycles. The van der Waals surface area contributed by atoms with E-state index in [2.05, 4.69) is 24.6 Å². The van der Waals surface area contributed by atoms with Crippen molar-refractivity contribution in [1.82, 2.24) is 24.6 Å². The van der Waals surface area contributed by atoms with E-state index in [1.807, 2.05) is 19.3 Å². The van der Waals surface area contributed by atoms with Crippen molar-refractivity contribution in [3.8, 4) is 0 Å². The van der Waals surface area contributed by atoms with Gasteiger partial charge in [-0.1, -0.05) is 5.16 Å². The first-order valence-electron chi connectivity index (χ1n) is 8.00. The van der Waals surface area contributed by atoms with Gasteiger partial charge >= 0.3 is 0 Å². The summed E-state index contributed by atoms with van der Waals surface area (Å²) in [5.41, 5.74) is 5.17. The van der Waals surface area contributed by atoms with E-state index in [4.69, 9.17) is 10.3 Å². The molecule has 8 heteroatoms. The third-order valence-electron chi connectivity index (χ3n) is 4.33. The Balaban J connectivity index is 1.50. The summed E-state index contributed by atoms with van der Waals surface area (Å²) in [5.74, 6) is 0.860. The third-order valence-corrected chi connectivity index (χ3v) is 4.33. The van der Waals surface area contributed by atoms with E-state index in [0.29, 0.717) is 5.89 Å². The van der Waals surface area contributed by atoms with Crippen LogP contribution in [-0.4, -0.2) is 43.6 Å². The number of likely N-dealkylation sites (tertiary alicyclic amines) is 1. The number of nitrogens with two attached hydrogens (primary N) is 1. The van der Waals surface area contributed by atoms with Gasteiger partial charge in [-0.25, -0.2) is 4.98 Å². The molecule has 1 fully saturated rings. The highest BCUT2D eigenvalue weighted by Crippen LogP contribution is 2.30. The summed E-state index contributed by atoms with van der Waals surface area (Å²) < 4.78 is 7.37. The van der Waals surface area contributed by atoms with Crippen LogP contribution in [-0.2, 0) is 6.54 Å². The highest BCUT2D eigenvalue weighted by atomic mass is 16.5. The molecule has 3 heterocycles. The molecule has 3 rings (SSSR count). The lowest BCUT2D eigenvalue weighted by molar-refractivity contribution is 0.0987. The summed E-state index contributed by atoms with van der Waals surface area (Å²) in [4.78, 5) is 21.8. The number of carbonyl (C=O) groups excluding carboxylic acids is 1. The Morgan fingerprint density at radius 3 is 2.96 bits per heavy atom. The maximum absolute atomic E-state index is 11.1. The number of unbranched alkanes of at least 4 members (excludes halogenated alkanes) is 1. The summed E-state index contributed by atoms with van der Waals surface area (Å²) in [7, 11) is 0. The van der Waals surface area contributed by atoms with Crippen molar-refractivity contribution < 1.29 is 9.32 Å². The molecule has 2 aromatic rings. The Bertz CT molecular complexity index is 664. The van der Waals surface area contributed by atoms with Crippen molar-refractivity contribution in [3.63, 3.8) is 0 Å². The first kappa shape index (κ1) is 15.7. The van der Waals surface area contributed by atoms with Gasteiger partial charge in [0.05, 0.1) is 6.04 Å². The number of carbonyl (C=O) groups is 1. The monoisotopic (exact) mass is 318 g/mol. The molecule has 1 aliphatic rings. The second kappa shape index (κ2) is 6.91. The molecule has 0 aromatic carbocycles. The van der Waals surface area contributed by atoms with Crippen LogP contribution in [0.4, 0.5) is 0 Å². The Morgan fingerprint density at radius 1 is 1.43 bits per heavy atom. The van der Waals surface area contributed by atoms with Gasteiger partial charge in [-0.3, -0.25) is 9.69 Å². The standard InChI is InChI=1S/C15H22N6O2/c1-11-17-6-10-20(11)7-2-3-8-21-9-4-5-12(21)15-18-14(13(16)22)19-23-15/h6,10,12H,2-5,7-9H2,1H3,(H2,16,22). The molecule has 0 saturated carbocycles. The number of hydrogen-bond acceptors (Lipinski definition) is 6. The number of amides is 1. The van der Waals surface area contributed by atoms with Gasteiger partial charge in [0.15, 0.2) is 0 Å². The van der Waals surface area contributed by atoms with Crippen molar-refractivity contribution in [2.24, 2.45) is 5.73 Å². The zero-order valence-electron chi connectivity index (χ0n) is 13.3. The number of aromatic nitrogens is 4. The number of rotatable bonds is 7. The van der Waals surface area contributed by atoms with E-state index >= 15 is 0 Å².